The Balaban J connectivity index is 2.21. The summed E-state index contributed by atoms with van der Waals surface area (Å²) in [6, 6.07) is 1.17. The Morgan fingerprint density at radius 2 is 2.30 bits per heavy atom. The van der Waals surface area contributed by atoms with Crippen LogP contribution in [0.15, 0.2) is 23.0 Å². The van der Waals surface area contributed by atoms with Gasteiger partial charge in [-0.05, 0) is 28.8 Å². The van der Waals surface area contributed by atoms with E-state index in [0.717, 1.165) is 17.3 Å². The van der Waals surface area contributed by atoms with Crippen molar-refractivity contribution in [3.8, 4) is 0 Å². The van der Waals surface area contributed by atoms with Crippen molar-refractivity contribution < 1.29 is 14.8 Å². The molecule has 2 aromatic rings. The first kappa shape index (κ1) is 13.9. The molecule has 8 heteroatoms. The first-order valence-electron chi connectivity index (χ1n) is 5.62. The molecule has 0 aliphatic rings. The van der Waals surface area contributed by atoms with Crippen molar-refractivity contribution in [3.63, 3.8) is 0 Å². The van der Waals surface area contributed by atoms with E-state index in [1.54, 1.807) is 11.3 Å². The van der Waals surface area contributed by atoms with Gasteiger partial charge in [0, 0.05) is 12.6 Å². The number of thiophene rings is 1. The van der Waals surface area contributed by atoms with Gasteiger partial charge in [-0.15, -0.1) is 0 Å². The summed E-state index contributed by atoms with van der Waals surface area (Å²) >= 11 is 1.57. The summed E-state index contributed by atoms with van der Waals surface area (Å²) in [6.07, 6.45) is 0.951. The largest absolute Gasteiger partial charge is 0.477 e. The summed E-state index contributed by atoms with van der Waals surface area (Å²) in [4.78, 5) is 24.8. The SMILES string of the molecule is Cc1cscc1CNc1cc(C(=O)O)c([N+](=O)[O-])cn1. The van der Waals surface area contributed by atoms with Gasteiger partial charge in [0.05, 0.1) is 4.92 Å². The number of hydrogen-bond acceptors (Lipinski definition) is 6. The fraction of sp³-hybridized carbons (Fsp3) is 0.167. The molecule has 0 bridgehead atoms. The number of aromatic nitrogens is 1. The van der Waals surface area contributed by atoms with Gasteiger partial charge >= 0.3 is 11.7 Å². The Labute approximate surface area is 118 Å². The topological polar surface area (TPSA) is 105 Å². The Bertz CT molecular complexity index is 668. The zero-order valence-corrected chi connectivity index (χ0v) is 11.3. The highest BCUT2D eigenvalue weighted by Gasteiger charge is 2.20. The molecule has 0 unspecified atom stereocenters. The number of aryl methyl sites for hydroxylation is 1. The van der Waals surface area contributed by atoms with E-state index in [1.807, 2.05) is 17.7 Å². The van der Waals surface area contributed by atoms with E-state index < -0.39 is 16.6 Å². The van der Waals surface area contributed by atoms with Crippen LogP contribution in [0.4, 0.5) is 11.5 Å². The van der Waals surface area contributed by atoms with Crippen LogP contribution in [0.2, 0.25) is 0 Å². The Morgan fingerprint density at radius 1 is 1.55 bits per heavy atom. The molecule has 0 aliphatic heterocycles. The molecular weight excluding hydrogens is 282 g/mol. The number of pyridine rings is 1. The number of rotatable bonds is 5. The maximum atomic E-state index is 11.0. The number of aromatic carboxylic acids is 1. The van der Waals surface area contributed by atoms with Crippen LogP contribution in [0.1, 0.15) is 21.5 Å². The second-order valence-corrected chi connectivity index (χ2v) is 4.83. The quantitative estimate of drug-likeness (QED) is 0.648. The van der Waals surface area contributed by atoms with Gasteiger partial charge in [-0.1, -0.05) is 0 Å². The van der Waals surface area contributed by atoms with Gasteiger partial charge in [0.1, 0.15) is 17.6 Å². The summed E-state index contributed by atoms with van der Waals surface area (Å²) in [5, 5.41) is 26.6. The van der Waals surface area contributed by atoms with Gasteiger partial charge in [-0.25, -0.2) is 9.78 Å². The van der Waals surface area contributed by atoms with E-state index in [9.17, 15) is 14.9 Å². The highest BCUT2D eigenvalue weighted by molar-refractivity contribution is 7.08. The van der Waals surface area contributed by atoms with Crippen LogP contribution in [0.5, 0.6) is 0 Å². The van der Waals surface area contributed by atoms with Crippen LogP contribution < -0.4 is 5.32 Å². The lowest BCUT2D eigenvalue weighted by atomic mass is 10.2. The molecule has 2 heterocycles. The molecule has 0 aliphatic carbocycles. The van der Waals surface area contributed by atoms with Gasteiger partial charge in [-0.2, -0.15) is 11.3 Å². The third kappa shape index (κ3) is 2.91. The first-order chi connectivity index (χ1) is 9.49. The average Bonchev–Trinajstić information content (AvgIpc) is 2.81. The molecule has 0 spiro atoms. The normalized spacial score (nSPS) is 10.2. The van der Waals surface area contributed by atoms with Gasteiger partial charge in [-0.3, -0.25) is 10.1 Å². The van der Waals surface area contributed by atoms with Crippen LogP contribution in [0, 0.1) is 17.0 Å². The molecule has 0 saturated heterocycles. The maximum Gasteiger partial charge on any atom is 0.342 e. The number of hydrogen-bond donors (Lipinski definition) is 2. The molecule has 20 heavy (non-hydrogen) atoms. The minimum Gasteiger partial charge on any atom is -0.477 e. The van der Waals surface area contributed by atoms with Gasteiger partial charge in [0.25, 0.3) is 0 Å². The van der Waals surface area contributed by atoms with Crippen molar-refractivity contribution in [3.05, 3.63) is 49.8 Å². The fourth-order valence-corrected chi connectivity index (χ4v) is 2.47. The zero-order valence-electron chi connectivity index (χ0n) is 10.5. The Hall–Kier alpha value is -2.48. The number of carbonyl (C=O) groups is 1. The number of nitrogens with one attached hydrogen (secondary N) is 1. The second kappa shape index (κ2) is 5.66. The van der Waals surface area contributed by atoms with Crippen molar-refractivity contribution in [1.82, 2.24) is 4.98 Å². The first-order valence-corrected chi connectivity index (χ1v) is 6.56. The van der Waals surface area contributed by atoms with E-state index >= 15 is 0 Å². The average molecular weight is 293 g/mol. The van der Waals surface area contributed by atoms with E-state index in [4.69, 9.17) is 5.11 Å². The lowest BCUT2D eigenvalue weighted by molar-refractivity contribution is -0.385. The summed E-state index contributed by atoms with van der Waals surface area (Å²) in [5.41, 5.74) is 1.30. The molecule has 0 radical (unpaired) electrons. The maximum absolute atomic E-state index is 11.0. The molecular formula is C12H11N3O4S. The minimum atomic E-state index is -1.35. The van der Waals surface area contributed by atoms with Crippen molar-refractivity contribution in [1.29, 1.82) is 0 Å². The highest BCUT2D eigenvalue weighted by atomic mass is 32.1. The standard InChI is InChI=1S/C12H11N3O4S/c1-7-5-20-6-8(7)3-13-11-2-9(12(16)17)10(4-14-11)15(18)19/h2,4-6H,3H2,1H3,(H,13,14)(H,16,17). The number of anilines is 1. The van der Waals surface area contributed by atoms with E-state index in [-0.39, 0.29) is 5.56 Å². The second-order valence-electron chi connectivity index (χ2n) is 4.08. The molecule has 2 aromatic heterocycles. The van der Waals surface area contributed by atoms with E-state index in [0.29, 0.717) is 12.4 Å². The summed E-state index contributed by atoms with van der Waals surface area (Å²) in [6.45, 7) is 2.46. The van der Waals surface area contributed by atoms with E-state index in [1.165, 1.54) is 6.07 Å². The third-order valence-electron chi connectivity index (χ3n) is 2.73. The minimum absolute atomic E-state index is 0.290. The predicted molar refractivity (Wildman–Crippen MR) is 74.2 cm³/mol. The molecule has 0 saturated carbocycles. The molecule has 104 valence electrons. The van der Waals surface area contributed by atoms with Gasteiger partial charge in [0.15, 0.2) is 0 Å². The van der Waals surface area contributed by atoms with Crippen LogP contribution in [0.3, 0.4) is 0 Å². The molecule has 0 amide bonds. The number of nitro groups is 1. The van der Waals surface area contributed by atoms with Crippen molar-refractivity contribution in [2.75, 3.05) is 5.32 Å². The summed E-state index contributed by atoms with van der Waals surface area (Å²) in [5.74, 6) is -1.06. The summed E-state index contributed by atoms with van der Waals surface area (Å²) in [7, 11) is 0. The third-order valence-corrected chi connectivity index (χ3v) is 3.64. The molecule has 0 aromatic carbocycles. The van der Waals surface area contributed by atoms with Crippen LogP contribution in [0.25, 0.3) is 0 Å². The predicted octanol–water partition coefficient (Wildman–Crippen LogP) is 2.67. The lowest BCUT2D eigenvalue weighted by Crippen LogP contribution is -2.07. The molecule has 7 nitrogen and oxygen atoms in total. The van der Waals surface area contributed by atoms with Crippen LogP contribution in [-0.4, -0.2) is 21.0 Å². The van der Waals surface area contributed by atoms with Crippen LogP contribution >= 0.6 is 11.3 Å². The van der Waals surface area contributed by atoms with E-state index in [2.05, 4.69) is 10.3 Å². The van der Waals surface area contributed by atoms with Crippen LogP contribution in [-0.2, 0) is 6.54 Å². The fourth-order valence-electron chi connectivity index (χ4n) is 1.62. The van der Waals surface area contributed by atoms with Crippen molar-refractivity contribution in [2.24, 2.45) is 0 Å². The van der Waals surface area contributed by atoms with Gasteiger partial charge in [0.2, 0.25) is 0 Å². The Morgan fingerprint density at radius 3 is 2.85 bits per heavy atom. The molecule has 0 fully saturated rings. The zero-order chi connectivity index (χ0) is 14.7. The smallest absolute Gasteiger partial charge is 0.342 e. The summed E-state index contributed by atoms with van der Waals surface area (Å²) < 4.78 is 0. The highest BCUT2D eigenvalue weighted by Crippen LogP contribution is 2.21. The monoisotopic (exact) mass is 293 g/mol. The molecule has 0 atom stereocenters. The Kier molecular flexibility index (Phi) is 3.94. The molecule has 2 rings (SSSR count). The van der Waals surface area contributed by atoms with Crippen molar-refractivity contribution >= 4 is 28.8 Å². The number of carboxylic acid groups (broad SMARTS) is 1. The van der Waals surface area contributed by atoms with Crippen molar-refractivity contribution in [2.45, 2.75) is 13.5 Å². The number of nitrogens with zero attached hydrogens (tertiary/aromatic N) is 2. The lowest BCUT2D eigenvalue weighted by Gasteiger charge is -2.06. The number of carboxylic acids is 1. The van der Waals surface area contributed by atoms with Gasteiger partial charge < -0.3 is 10.4 Å². The molecule has 2 N–H and O–H groups in total.